The molecule has 3 heterocycles. The third-order valence-electron chi connectivity index (χ3n) is 4.49. The lowest BCUT2D eigenvalue weighted by Gasteiger charge is -2.33. The van der Waals surface area contributed by atoms with Crippen molar-refractivity contribution in [3.63, 3.8) is 0 Å². The number of hydrogen-bond acceptors (Lipinski definition) is 6. The summed E-state index contributed by atoms with van der Waals surface area (Å²) in [6.07, 6.45) is 3.39. The summed E-state index contributed by atoms with van der Waals surface area (Å²) >= 11 is 0. The molecule has 3 aromatic rings. The minimum Gasteiger partial charge on any atom is -0.377 e. The standard InChI is InChI=1S/C18H18FN5O3/c1-11-7-12(3-4-14(11)19)18(25)24-5-6-26-10-15(24)16-21-17(27-22-16)13-8-20-23(2)9-13/h3-4,7-9,15H,5-6,10H2,1-2H3/t15-/m1/s1. The Hall–Kier alpha value is -3.07. The zero-order valence-electron chi connectivity index (χ0n) is 14.9. The van der Waals surface area contributed by atoms with Crippen molar-refractivity contribution in [1.29, 1.82) is 0 Å². The molecule has 1 fully saturated rings. The van der Waals surface area contributed by atoms with E-state index < -0.39 is 6.04 Å². The third kappa shape index (κ3) is 3.33. The smallest absolute Gasteiger partial charge is 0.261 e. The maximum absolute atomic E-state index is 13.5. The van der Waals surface area contributed by atoms with E-state index in [2.05, 4.69) is 15.2 Å². The highest BCUT2D eigenvalue weighted by molar-refractivity contribution is 5.94. The molecule has 140 valence electrons. The van der Waals surface area contributed by atoms with Crippen molar-refractivity contribution < 1.29 is 18.4 Å². The van der Waals surface area contributed by atoms with Crippen molar-refractivity contribution >= 4 is 5.91 Å². The minimum atomic E-state index is -0.481. The molecule has 0 unspecified atom stereocenters. The molecule has 1 saturated heterocycles. The van der Waals surface area contributed by atoms with Gasteiger partial charge in [-0.05, 0) is 30.7 Å². The maximum atomic E-state index is 13.5. The van der Waals surface area contributed by atoms with Gasteiger partial charge in [0.1, 0.15) is 11.9 Å². The van der Waals surface area contributed by atoms with Crippen LogP contribution in [0.5, 0.6) is 0 Å². The van der Waals surface area contributed by atoms with Gasteiger partial charge in [0, 0.05) is 25.4 Å². The number of nitrogens with zero attached hydrogens (tertiary/aromatic N) is 5. The van der Waals surface area contributed by atoms with Crippen LogP contribution in [0.4, 0.5) is 4.39 Å². The predicted molar refractivity (Wildman–Crippen MR) is 92.2 cm³/mol. The molecule has 1 aromatic carbocycles. The third-order valence-corrected chi connectivity index (χ3v) is 4.49. The zero-order chi connectivity index (χ0) is 19.0. The fourth-order valence-corrected chi connectivity index (χ4v) is 3.02. The van der Waals surface area contributed by atoms with Crippen LogP contribution in [-0.4, -0.2) is 50.5 Å². The Morgan fingerprint density at radius 2 is 2.22 bits per heavy atom. The molecular weight excluding hydrogens is 353 g/mol. The fraction of sp³-hybridized carbons (Fsp3) is 0.333. The van der Waals surface area contributed by atoms with Crippen LogP contribution in [0.1, 0.15) is 27.8 Å². The highest BCUT2D eigenvalue weighted by Gasteiger charge is 2.33. The summed E-state index contributed by atoms with van der Waals surface area (Å²) in [5, 5.41) is 8.11. The van der Waals surface area contributed by atoms with Crippen LogP contribution in [0.25, 0.3) is 11.5 Å². The first-order chi connectivity index (χ1) is 13.0. The summed E-state index contributed by atoms with van der Waals surface area (Å²) < 4.78 is 26.0. The normalized spacial score (nSPS) is 17.3. The van der Waals surface area contributed by atoms with E-state index >= 15 is 0 Å². The number of benzene rings is 1. The van der Waals surface area contributed by atoms with E-state index in [4.69, 9.17) is 9.26 Å². The highest BCUT2D eigenvalue weighted by Crippen LogP contribution is 2.26. The van der Waals surface area contributed by atoms with Crippen molar-refractivity contribution in [3.8, 4) is 11.5 Å². The Morgan fingerprint density at radius 3 is 2.96 bits per heavy atom. The molecule has 1 aliphatic rings. The van der Waals surface area contributed by atoms with Crippen molar-refractivity contribution in [2.75, 3.05) is 19.8 Å². The average Bonchev–Trinajstić information content (AvgIpc) is 3.32. The second-order valence-electron chi connectivity index (χ2n) is 6.41. The van der Waals surface area contributed by atoms with Crippen LogP contribution in [-0.2, 0) is 11.8 Å². The van der Waals surface area contributed by atoms with Gasteiger partial charge in [0.15, 0.2) is 5.82 Å². The number of amides is 1. The number of morpholine rings is 1. The average molecular weight is 371 g/mol. The van der Waals surface area contributed by atoms with Gasteiger partial charge in [-0.2, -0.15) is 10.1 Å². The number of carbonyl (C=O) groups excluding carboxylic acids is 1. The minimum absolute atomic E-state index is 0.223. The van der Waals surface area contributed by atoms with E-state index in [1.165, 1.54) is 12.1 Å². The Balaban J connectivity index is 1.62. The molecule has 0 bridgehead atoms. The molecule has 0 N–H and O–H groups in total. The number of aromatic nitrogens is 4. The first-order valence-corrected chi connectivity index (χ1v) is 8.50. The lowest BCUT2D eigenvalue weighted by Crippen LogP contribution is -2.43. The number of aryl methyl sites for hydroxylation is 2. The molecule has 0 saturated carbocycles. The number of carbonyl (C=O) groups is 1. The Kier molecular flexibility index (Phi) is 4.44. The Labute approximate surface area is 154 Å². The summed E-state index contributed by atoms with van der Waals surface area (Å²) in [5.74, 6) is 0.123. The molecule has 27 heavy (non-hydrogen) atoms. The molecule has 0 radical (unpaired) electrons. The number of ether oxygens (including phenoxy) is 1. The molecule has 1 amide bonds. The summed E-state index contributed by atoms with van der Waals surface area (Å²) in [5.41, 5.74) is 1.53. The second kappa shape index (κ2) is 6.92. The topological polar surface area (TPSA) is 86.3 Å². The van der Waals surface area contributed by atoms with Crippen LogP contribution < -0.4 is 0 Å². The van der Waals surface area contributed by atoms with Crippen LogP contribution in [0.3, 0.4) is 0 Å². The molecule has 9 heteroatoms. The van der Waals surface area contributed by atoms with Crippen molar-refractivity contribution in [1.82, 2.24) is 24.8 Å². The van der Waals surface area contributed by atoms with E-state index in [-0.39, 0.29) is 18.3 Å². The summed E-state index contributed by atoms with van der Waals surface area (Å²) in [4.78, 5) is 19.0. The molecule has 2 aromatic heterocycles. The molecule has 0 aliphatic carbocycles. The molecule has 4 rings (SSSR count). The zero-order valence-corrected chi connectivity index (χ0v) is 14.9. The van der Waals surface area contributed by atoms with Crippen LogP contribution in [0.2, 0.25) is 0 Å². The SMILES string of the molecule is Cc1cc(C(=O)N2CCOC[C@@H]2c2noc(-c3cnn(C)c3)n2)ccc1F. The lowest BCUT2D eigenvalue weighted by atomic mass is 10.1. The first-order valence-electron chi connectivity index (χ1n) is 8.50. The Bertz CT molecular complexity index is 983. The van der Waals surface area contributed by atoms with Gasteiger partial charge in [0.05, 0.1) is 25.0 Å². The lowest BCUT2D eigenvalue weighted by molar-refractivity contribution is -0.00577. The van der Waals surface area contributed by atoms with E-state index in [0.717, 1.165) is 0 Å². The summed E-state index contributed by atoms with van der Waals surface area (Å²) in [7, 11) is 1.79. The molecule has 1 aliphatic heterocycles. The summed E-state index contributed by atoms with van der Waals surface area (Å²) in [6.45, 7) is 2.69. The van der Waals surface area contributed by atoms with Crippen LogP contribution in [0.15, 0.2) is 35.1 Å². The quantitative estimate of drug-likeness (QED) is 0.701. The van der Waals surface area contributed by atoms with Crippen molar-refractivity contribution in [2.45, 2.75) is 13.0 Å². The number of rotatable bonds is 3. The van der Waals surface area contributed by atoms with Gasteiger partial charge in [-0.1, -0.05) is 5.16 Å². The largest absolute Gasteiger partial charge is 0.377 e. The van der Waals surface area contributed by atoms with Gasteiger partial charge >= 0.3 is 0 Å². The number of halogens is 1. The van der Waals surface area contributed by atoms with Crippen LogP contribution >= 0.6 is 0 Å². The van der Waals surface area contributed by atoms with Gasteiger partial charge in [0.25, 0.3) is 11.8 Å². The van der Waals surface area contributed by atoms with Crippen molar-refractivity contribution in [2.24, 2.45) is 7.05 Å². The van der Waals surface area contributed by atoms with Gasteiger partial charge < -0.3 is 14.2 Å². The first kappa shape index (κ1) is 17.3. The van der Waals surface area contributed by atoms with Crippen molar-refractivity contribution in [3.05, 3.63) is 53.4 Å². The molecule has 0 spiro atoms. The predicted octanol–water partition coefficient (Wildman–Crippen LogP) is 2.13. The van der Waals surface area contributed by atoms with Gasteiger partial charge in [-0.15, -0.1) is 0 Å². The van der Waals surface area contributed by atoms with E-state index in [1.54, 1.807) is 42.0 Å². The monoisotopic (exact) mass is 371 g/mol. The van der Waals surface area contributed by atoms with E-state index in [9.17, 15) is 9.18 Å². The van der Waals surface area contributed by atoms with E-state index in [1.807, 2.05) is 0 Å². The van der Waals surface area contributed by atoms with Gasteiger partial charge in [0.2, 0.25) is 0 Å². The highest BCUT2D eigenvalue weighted by atomic mass is 19.1. The van der Waals surface area contributed by atoms with Crippen LogP contribution in [0, 0.1) is 12.7 Å². The summed E-state index contributed by atoms with van der Waals surface area (Å²) in [6, 6.07) is 3.84. The Morgan fingerprint density at radius 1 is 1.37 bits per heavy atom. The number of hydrogen-bond donors (Lipinski definition) is 0. The molecular formula is C18H18FN5O3. The van der Waals surface area contributed by atoms with Gasteiger partial charge in [-0.3, -0.25) is 9.48 Å². The van der Waals surface area contributed by atoms with E-state index in [0.29, 0.717) is 41.6 Å². The fourth-order valence-electron chi connectivity index (χ4n) is 3.02. The second-order valence-corrected chi connectivity index (χ2v) is 6.41. The molecule has 8 nitrogen and oxygen atoms in total. The molecule has 1 atom stereocenters. The maximum Gasteiger partial charge on any atom is 0.261 e. The van der Waals surface area contributed by atoms with Gasteiger partial charge in [-0.25, -0.2) is 4.39 Å².